The third-order valence-electron chi connectivity index (χ3n) is 11.8. The summed E-state index contributed by atoms with van der Waals surface area (Å²) in [6.45, 7) is 3.08. The molecule has 8 atom stereocenters. The van der Waals surface area contributed by atoms with Gasteiger partial charge in [-0.1, -0.05) is 13.0 Å². The number of aromatic nitrogens is 2. The summed E-state index contributed by atoms with van der Waals surface area (Å²) in [6, 6.07) is 5.52. The molecular formula is C37H50F3N5O6. The van der Waals surface area contributed by atoms with Gasteiger partial charge in [-0.05, 0) is 104 Å². The van der Waals surface area contributed by atoms with E-state index in [-0.39, 0.29) is 55.1 Å². The van der Waals surface area contributed by atoms with Gasteiger partial charge in [0.25, 0.3) is 0 Å². The number of benzene rings is 1. The number of alkyl halides is 3. The number of halogens is 3. The van der Waals surface area contributed by atoms with Gasteiger partial charge in [0.1, 0.15) is 17.7 Å². The van der Waals surface area contributed by atoms with E-state index < -0.39 is 30.1 Å². The highest BCUT2D eigenvalue weighted by Crippen LogP contribution is 2.61. The molecule has 1 aliphatic heterocycles. The van der Waals surface area contributed by atoms with Crippen molar-refractivity contribution in [2.24, 2.45) is 17.3 Å². The van der Waals surface area contributed by atoms with E-state index >= 15 is 0 Å². The molecule has 1 saturated heterocycles. The molecule has 2 saturated carbocycles. The molecule has 11 nitrogen and oxygen atoms in total. The lowest BCUT2D eigenvalue weighted by atomic mass is 9.55. The highest BCUT2D eigenvalue weighted by molar-refractivity contribution is 5.77. The van der Waals surface area contributed by atoms with Crippen LogP contribution < -0.4 is 15.4 Å². The monoisotopic (exact) mass is 717 g/mol. The minimum Gasteiger partial charge on any atom is -0.494 e. The molecule has 2 aromatic rings. The molecule has 1 aromatic heterocycles. The Hall–Kier alpha value is -3.49. The molecule has 14 heteroatoms. The zero-order valence-corrected chi connectivity index (χ0v) is 29.1. The van der Waals surface area contributed by atoms with Crippen LogP contribution in [0.4, 0.5) is 19.0 Å². The number of rotatable bonds is 12. The number of hydrogen-bond acceptors (Lipinski definition) is 9. The van der Waals surface area contributed by atoms with E-state index in [2.05, 4.69) is 45.7 Å². The van der Waals surface area contributed by atoms with E-state index in [1.807, 2.05) is 0 Å². The van der Waals surface area contributed by atoms with Crippen LogP contribution >= 0.6 is 0 Å². The summed E-state index contributed by atoms with van der Waals surface area (Å²) in [5.41, 5.74) is 1.70. The number of ether oxygens (including phenoxy) is 1. The number of nitrogens with zero attached hydrogens (tertiary/aromatic N) is 3. The van der Waals surface area contributed by atoms with E-state index in [0.29, 0.717) is 56.4 Å². The number of carbonyl (C=O) groups is 2. The molecule has 0 bridgehead atoms. The van der Waals surface area contributed by atoms with Crippen LogP contribution in [-0.4, -0.2) is 92.6 Å². The van der Waals surface area contributed by atoms with Crippen LogP contribution in [0.5, 0.6) is 5.75 Å². The molecule has 4 aliphatic rings. The van der Waals surface area contributed by atoms with E-state index in [0.717, 1.165) is 44.1 Å². The van der Waals surface area contributed by atoms with Crippen LogP contribution in [0, 0.1) is 17.3 Å². The quantitative estimate of drug-likeness (QED) is 0.203. The largest absolute Gasteiger partial charge is 0.494 e. The summed E-state index contributed by atoms with van der Waals surface area (Å²) in [4.78, 5) is 33.6. The molecule has 6 rings (SSSR count). The number of amides is 2. The van der Waals surface area contributed by atoms with Gasteiger partial charge in [0, 0.05) is 32.5 Å². The lowest BCUT2D eigenvalue weighted by Gasteiger charge is -2.50. The zero-order chi connectivity index (χ0) is 36.3. The van der Waals surface area contributed by atoms with Crippen molar-refractivity contribution in [2.45, 2.75) is 114 Å². The molecule has 51 heavy (non-hydrogen) atoms. The van der Waals surface area contributed by atoms with Gasteiger partial charge in [0.15, 0.2) is 5.69 Å². The Kier molecular flexibility index (Phi) is 11.4. The van der Waals surface area contributed by atoms with Crippen LogP contribution in [0.1, 0.15) is 93.9 Å². The Morgan fingerprint density at radius 3 is 2.65 bits per heavy atom. The van der Waals surface area contributed by atoms with Crippen molar-refractivity contribution in [2.75, 3.05) is 31.6 Å². The molecule has 2 heterocycles. The molecule has 2 amide bonds. The molecule has 0 spiro atoms. The maximum atomic E-state index is 13.0. The van der Waals surface area contributed by atoms with Crippen LogP contribution in [0.3, 0.4) is 0 Å². The molecule has 280 valence electrons. The van der Waals surface area contributed by atoms with Crippen molar-refractivity contribution in [3.8, 4) is 5.75 Å². The van der Waals surface area contributed by atoms with Crippen LogP contribution in [0.25, 0.3) is 0 Å². The van der Waals surface area contributed by atoms with Gasteiger partial charge in [-0.3, -0.25) is 14.6 Å². The first-order valence-electron chi connectivity index (χ1n) is 18.3. The fourth-order valence-electron chi connectivity index (χ4n) is 9.04. The summed E-state index contributed by atoms with van der Waals surface area (Å²) in [7, 11) is 0. The number of β-amino-alcohol motifs (C(OH)–C–C–N with tert-alkyl or cyclic N) is 1. The van der Waals surface area contributed by atoms with Crippen molar-refractivity contribution >= 4 is 17.6 Å². The number of fused-ring (bicyclic) bond motifs is 5. The molecular weight excluding hydrogens is 667 g/mol. The Morgan fingerprint density at radius 2 is 1.84 bits per heavy atom. The topological polar surface area (TPSA) is 157 Å². The van der Waals surface area contributed by atoms with Crippen LogP contribution in [0.2, 0.25) is 0 Å². The minimum absolute atomic E-state index is 0.0459. The van der Waals surface area contributed by atoms with E-state index in [1.54, 1.807) is 0 Å². The van der Waals surface area contributed by atoms with Gasteiger partial charge >= 0.3 is 6.18 Å². The molecule has 5 N–H and O–H groups in total. The van der Waals surface area contributed by atoms with Gasteiger partial charge in [0.05, 0.1) is 37.3 Å². The maximum Gasteiger partial charge on any atom is 0.434 e. The summed E-state index contributed by atoms with van der Waals surface area (Å²) < 4.78 is 45.1. The first kappa shape index (κ1) is 37.3. The molecule has 1 aromatic carbocycles. The second-order valence-electron chi connectivity index (χ2n) is 15.1. The second kappa shape index (κ2) is 15.6. The van der Waals surface area contributed by atoms with Crippen LogP contribution in [0.15, 0.2) is 30.6 Å². The Labute approximate surface area is 296 Å². The molecule has 0 radical (unpaired) electrons. The smallest absolute Gasteiger partial charge is 0.434 e. The number of likely N-dealkylation sites (tertiary alicyclic amines) is 1. The summed E-state index contributed by atoms with van der Waals surface area (Å²) in [5, 5.41) is 36.9. The fourth-order valence-corrected chi connectivity index (χ4v) is 9.04. The van der Waals surface area contributed by atoms with Crippen LogP contribution in [-0.2, 0) is 22.2 Å². The number of aliphatic hydroxyl groups excluding tert-OH is 3. The number of aryl methyl sites for hydroxylation is 1. The molecule has 0 unspecified atom stereocenters. The van der Waals surface area contributed by atoms with Gasteiger partial charge in [0.2, 0.25) is 11.8 Å². The Balaban J connectivity index is 0.862. The lowest BCUT2D eigenvalue weighted by Crippen LogP contribution is -2.59. The Bertz CT molecular complexity index is 1550. The minimum atomic E-state index is -4.70. The number of nitrogens with one attached hydrogen (secondary N) is 2. The number of unbranched alkanes of at least 4 members (excludes halogenated alkanes) is 1. The first-order valence-corrected chi connectivity index (χ1v) is 18.3. The van der Waals surface area contributed by atoms with E-state index in [4.69, 9.17) is 4.74 Å². The molecule has 3 fully saturated rings. The average molecular weight is 718 g/mol. The average Bonchev–Trinajstić information content (AvgIpc) is 3.41. The van der Waals surface area contributed by atoms with Gasteiger partial charge in [-0.25, -0.2) is 4.98 Å². The Morgan fingerprint density at radius 1 is 1.04 bits per heavy atom. The number of aliphatic hydroxyl groups is 3. The number of hydrogen-bond donors (Lipinski definition) is 5. The lowest BCUT2D eigenvalue weighted by molar-refractivity contribution is -0.141. The fraction of sp³-hybridized carbons (Fsp3) is 0.676. The third kappa shape index (κ3) is 8.44. The van der Waals surface area contributed by atoms with E-state index in [1.165, 1.54) is 22.4 Å². The third-order valence-corrected chi connectivity index (χ3v) is 11.8. The highest BCUT2D eigenvalue weighted by atomic mass is 19.4. The summed E-state index contributed by atoms with van der Waals surface area (Å²) >= 11 is 0. The summed E-state index contributed by atoms with van der Waals surface area (Å²) in [6.07, 6.45) is 2.59. The van der Waals surface area contributed by atoms with Gasteiger partial charge in [-0.2, -0.15) is 13.2 Å². The molecule has 3 aliphatic carbocycles. The first-order chi connectivity index (χ1) is 24.3. The highest BCUT2D eigenvalue weighted by Gasteiger charge is 2.54. The predicted octanol–water partition coefficient (Wildman–Crippen LogP) is 4.20. The van der Waals surface area contributed by atoms with Crippen molar-refractivity contribution in [1.82, 2.24) is 20.2 Å². The van der Waals surface area contributed by atoms with E-state index in [9.17, 15) is 38.1 Å². The normalized spacial score (nSPS) is 30.2. The number of carbonyl (C=O) groups excluding carboxylic acids is 2. The van der Waals surface area contributed by atoms with Crippen molar-refractivity contribution in [1.29, 1.82) is 0 Å². The second-order valence-corrected chi connectivity index (χ2v) is 15.1. The van der Waals surface area contributed by atoms with Gasteiger partial charge in [-0.15, -0.1) is 0 Å². The zero-order valence-electron chi connectivity index (χ0n) is 29.1. The maximum absolute atomic E-state index is 13.0. The van der Waals surface area contributed by atoms with Crippen molar-refractivity contribution in [3.05, 3.63) is 47.4 Å². The van der Waals surface area contributed by atoms with Gasteiger partial charge < -0.3 is 35.6 Å². The predicted molar refractivity (Wildman–Crippen MR) is 182 cm³/mol. The SMILES string of the molecule is C[C@]12CC[C@@H]3c4ccc(OCCCNC(=O)CCCCC(=O)N5C[C@H](Nc6cncc(C(F)(F)F)n6)[C@@H](O)[C@@H](O)C5)cc4CC[C@H]3[C@@H]1CC[C@@H]2O. The van der Waals surface area contributed by atoms with Crippen molar-refractivity contribution in [3.63, 3.8) is 0 Å². The standard InChI is InChI=1S/C37H50F3N5O6/c1-36-14-13-25-24-10-8-23(17-22(24)7-9-26(25)27(36)11-12-31(36)47)51-16-4-15-42-33(48)5-2-3-6-34(49)45-20-28(35(50)29(46)21-45)43-32-19-41-18-30(44-32)37(38,39)40/h8,10,17-19,25-29,31,35,46-47,50H,2-7,9,11-16,20-21H2,1H3,(H,42,48)(H,43,44)/t25-,26-,27+,28+,29+,31+,35-,36+/m1/s1. The number of anilines is 1. The summed E-state index contributed by atoms with van der Waals surface area (Å²) in [5.74, 6) is 2.03. The number of piperidine rings is 1. The van der Waals surface area contributed by atoms with Crippen molar-refractivity contribution < 1.29 is 42.8 Å².